The molecule has 0 bridgehead atoms. The summed E-state index contributed by atoms with van der Waals surface area (Å²) in [7, 11) is -3.41. The van der Waals surface area contributed by atoms with Crippen LogP contribution in [0.2, 0.25) is 0 Å². The monoisotopic (exact) mass is 439 g/mol. The highest BCUT2D eigenvalue weighted by Crippen LogP contribution is 2.17. The first-order valence-electron chi connectivity index (χ1n) is 9.48. The summed E-state index contributed by atoms with van der Waals surface area (Å²) in [5.74, 6) is 0.0323. The minimum absolute atomic E-state index is 0.0360. The summed E-state index contributed by atoms with van der Waals surface area (Å²) in [5.41, 5.74) is 0.471. The molecule has 0 atom stereocenters. The lowest BCUT2D eigenvalue weighted by molar-refractivity contribution is -0.129. The third kappa shape index (κ3) is 5.49. The topological polar surface area (TPSA) is 108 Å². The van der Waals surface area contributed by atoms with E-state index < -0.39 is 10.0 Å². The number of hydrogen-bond donors (Lipinski definition) is 1. The van der Waals surface area contributed by atoms with E-state index in [4.69, 9.17) is 0 Å². The SMILES string of the molecule is CCCn1c(SCC(=O)N2CCN(S(=O)(=O)Cc3ccccc3)CC2)n[nH]c1=O. The summed E-state index contributed by atoms with van der Waals surface area (Å²) in [5, 5.41) is 6.87. The van der Waals surface area contributed by atoms with Gasteiger partial charge in [-0.25, -0.2) is 18.3 Å². The lowest BCUT2D eigenvalue weighted by atomic mass is 10.2. The molecular formula is C18H25N5O4S2. The number of benzene rings is 1. The Bertz CT molecular complexity index is 979. The molecule has 158 valence electrons. The van der Waals surface area contributed by atoms with E-state index in [-0.39, 0.29) is 36.2 Å². The van der Waals surface area contributed by atoms with Gasteiger partial charge in [-0.15, -0.1) is 5.10 Å². The van der Waals surface area contributed by atoms with Crippen molar-refractivity contribution >= 4 is 27.7 Å². The molecule has 1 aliphatic heterocycles. The number of nitrogens with zero attached hydrogens (tertiary/aromatic N) is 4. The van der Waals surface area contributed by atoms with Crippen molar-refractivity contribution < 1.29 is 13.2 Å². The summed E-state index contributed by atoms with van der Waals surface area (Å²) in [6.07, 6.45) is 0.792. The quantitative estimate of drug-likeness (QED) is 0.608. The van der Waals surface area contributed by atoms with Gasteiger partial charge in [0.2, 0.25) is 15.9 Å². The largest absolute Gasteiger partial charge is 0.343 e. The van der Waals surface area contributed by atoms with Crippen molar-refractivity contribution in [2.75, 3.05) is 31.9 Å². The van der Waals surface area contributed by atoms with E-state index >= 15 is 0 Å². The van der Waals surface area contributed by atoms with Crippen molar-refractivity contribution in [2.24, 2.45) is 0 Å². The molecule has 11 heteroatoms. The lowest BCUT2D eigenvalue weighted by Crippen LogP contribution is -2.51. The summed E-state index contributed by atoms with van der Waals surface area (Å²) in [4.78, 5) is 25.9. The minimum Gasteiger partial charge on any atom is -0.339 e. The van der Waals surface area contributed by atoms with Gasteiger partial charge in [0.05, 0.1) is 11.5 Å². The molecule has 1 aromatic heterocycles. The second-order valence-electron chi connectivity index (χ2n) is 6.77. The number of amides is 1. The van der Waals surface area contributed by atoms with Crippen LogP contribution < -0.4 is 5.69 Å². The molecular weight excluding hydrogens is 414 g/mol. The van der Waals surface area contributed by atoms with Crippen LogP contribution in [0.5, 0.6) is 0 Å². The molecule has 1 aliphatic rings. The van der Waals surface area contributed by atoms with Gasteiger partial charge in [-0.3, -0.25) is 9.36 Å². The average Bonchev–Trinajstić information content (AvgIpc) is 3.06. The molecule has 2 aromatic rings. The molecule has 1 saturated heterocycles. The van der Waals surface area contributed by atoms with Crippen molar-refractivity contribution in [1.82, 2.24) is 24.0 Å². The molecule has 1 N–H and O–H groups in total. The predicted octanol–water partition coefficient (Wildman–Crippen LogP) is 0.748. The van der Waals surface area contributed by atoms with E-state index in [2.05, 4.69) is 10.2 Å². The first kappa shape index (κ1) is 21.6. The molecule has 2 heterocycles. The van der Waals surface area contributed by atoms with Gasteiger partial charge in [0.25, 0.3) is 0 Å². The minimum atomic E-state index is -3.41. The molecule has 1 amide bonds. The van der Waals surface area contributed by atoms with Crippen molar-refractivity contribution in [3.8, 4) is 0 Å². The molecule has 0 saturated carbocycles. The molecule has 0 aliphatic carbocycles. The molecule has 9 nitrogen and oxygen atoms in total. The first-order valence-corrected chi connectivity index (χ1v) is 12.1. The Morgan fingerprint density at radius 1 is 1.17 bits per heavy atom. The van der Waals surface area contributed by atoms with Crippen LogP contribution in [-0.4, -0.2) is 70.2 Å². The zero-order valence-electron chi connectivity index (χ0n) is 16.3. The summed E-state index contributed by atoms with van der Waals surface area (Å²) < 4.78 is 28.2. The number of carbonyl (C=O) groups excluding carboxylic acids is 1. The molecule has 0 radical (unpaired) electrons. The maximum atomic E-state index is 12.6. The molecule has 0 unspecified atom stereocenters. The van der Waals surface area contributed by atoms with E-state index in [1.165, 1.54) is 20.6 Å². The molecule has 1 aromatic carbocycles. The standard InChI is InChI=1S/C18H25N5O4S2/c1-2-8-23-17(25)19-20-18(23)28-13-16(24)21-9-11-22(12-10-21)29(26,27)14-15-6-4-3-5-7-15/h3-7H,2,8-14H2,1H3,(H,19,25). The third-order valence-electron chi connectivity index (χ3n) is 4.67. The highest BCUT2D eigenvalue weighted by molar-refractivity contribution is 7.99. The van der Waals surface area contributed by atoms with Gasteiger partial charge >= 0.3 is 5.69 Å². The normalized spacial score (nSPS) is 15.6. The van der Waals surface area contributed by atoms with Gasteiger partial charge in [-0.2, -0.15) is 4.31 Å². The Morgan fingerprint density at radius 3 is 2.52 bits per heavy atom. The number of hydrogen-bond acceptors (Lipinski definition) is 6. The maximum Gasteiger partial charge on any atom is 0.343 e. The van der Waals surface area contributed by atoms with Crippen LogP contribution >= 0.6 is 11.8 Å². The van der Waals surface area contributed by atoms with E-state index in [9.17, 15) is 18.0 Å². The molecule has 0 spiro atoms. The number of nitrogens with one attached hydrogen (secondary N) is 1. The molecule has 1 fully saturated rings. The number of rotatable bonds is 8. The van der Waals surface area contributed by atoms with Crippen LogP contribution in [0.1, 0.15) is 18.9 Å². The summed E-state index contributed by atoms with van der Waals surface area (Å²) in [6.45, 7) is 3.79. The van der Waals surface area contributed by atoms with Crippen LogP contribution in [0.15, 0.2) is 40.3 Å². The summed E-state index contributed by atoms with van der Waals surface area (Å²) >= 11 is 1.22. The smallest absolute Gasteiger partial charge is 0.339 e. The van der Waals surface area contributed by atoms with Crippen LogP contribution in [0.3, 0.4) is 0 Å². The Kier molecular flexibility index (Phi) is 7.14. The Morgan fingerprint density at radius 2 is 1.86 bits per heavy atom. The maximum absolute atomic E-state index is 12.6. The fourth-order valence-corrected chi connectivity index (χ4v) is 5.53. The highest BCUT2D eigenvalue weighted by atomic mass is 32.2. The number of aromatic amines is 1. The third-order valence-corrected chi connectivity index (χ3v) is 7.48. The van der Waals surface area contributed by atoms with Gasteiger partial charge in [0.15, 0.2) is 5.16 Å². The zero-order chi connectivity index (χ0) is 20.9. The second-order valence-corrected chi connectivity index (χ2v) is 9.68. The number of carbonyl (C=O) groups is 1. The number of thioether (sulfide) groups is 1. The van der Waals surface area contributed by atoms with Crippen LogP contribution in [0, 0.1) is 0 Å². The number of piperazine rings is 1. The van der Waals surface area contributed by atoms with E-state index in [1.807, 2.05) is 25.1 Å². The molecule has 3 rings (SSSR count). The number of sulfonamides is 1. The Labute approximate surface area is 174 Å². The fourth-order valence-electron chi connectivity index (χ4n) is 3.14. The summed E-state index contributed by atoms with van der Waals surface area (Å²) in [6, 6.07) is 9.07. The Hall–Kier alpha value is -2.11. The van der Waals surface area contributed by atoms with Crippen molar-refractivity contribution in [3.05, 3.63) is 46.4 Å². The number of aromatic nitrogens is 3. The Balaban J connectivity index is 1.51. The van der Waals surface area contributed by atoms with E-state index in [0.29, 0.717) is 24.8 Å². The van der Waals surface area contributed by atoms with Crippen LogP contribution in [0.25, 0.3) is 0 Å². The fraction of sp³-hybridized carbons (Fsp3) is 0.500. The van der Waals surface area contributed by atoms with Gasteiger partial charge in [0, 0.05) is 32.7 Å². The predicted molar refractivity (Wildman–Crippen MR) is 111 cm³/mol. The van der Waals surface area contributed by atoms with E-state index in [0.717, 1.165) is 12.0 Å². The second kappa shape index (κ2) is 9.59. The van der Waals surface area contributed by atoms with Gasteiger partial charge in [0.1, 0.15) is 0 Å². The van der Waals surface area contributed by atoms with Crippen molar-refractivity contribution in [2.45, 2.75) is 30.8 Å². The lowest BCUT2D eigenvalue weighted by Gasteiger charge is -2.34. The zero-order valence-corrected chi connectivity index (χ0v) is 17.9. The van der Waals surface area contributed by atoms with Crippen molar-refractivity contribution in [1.29, 1.82) is 0 Å². The number of H-pyrrole nitrogens is 1. The van der Waals surface area contributed by atoms with Crippen LogP contribution in [-0.2, 0) is 27.1 Å². The van der Waals surface area contributed by atoms with Gasteiger partial charge < -0.3 is 4.90 Å². The highest BCUT2D eigenvalue weighted by Gasteiger charge is 2.29. The molecule has 29 heavy (non-hydrogen) atoms. The van der Waals surface area contributed by atoms with Gasteiger partial charge in [-0.05, 0) is 12.0 Å². The van der Waals surface area contributed by atoms with Crippen LogP contribution in [0.4, 0.5) is 0 Å². The van der Waals surface area contributed by atoms with E-state index in [1.54, 1.807) is 17.0 Å². The van der Waals surface area contributed by atoms with Crippen molar-refractivity contribution in [3.63, 3.8) is 0 Å². The first-order chi connectivity index (χ1) is 13.9. The average molecular weight is 440 g/mol. The van der Waals surface area contributed by atoms with Gasteiger partial charge in [-0.1, -0.05) is 49.0 Å².